The summed E-state index contributed by atoms with van der Waals surface area (Å²) in [5.74, 6) is 0. The normalized spacial score (nSPS) is 11.6. The summed E-state index contributed by atoms with van der Waals surface area (Å²) in [6.07, 6.45) is 0. The number of benzene rings is 10. The highest BCUT2D eigenvalue weighted by Gasteiger charge is 2.17. The van der Waals surface area contributed by atoms with Crippen LogP contribution in [0.5, 0.6) is 0 Å². The Hall–Kier alpha value is -6.94. The fourth-order valence-corrected chi connectivity index (χ4v) is 9.36. The Morgan fingerprint density at radius 2 is 0.564 bits per heavy atom. The monoisotopic (exact) mass is 718 g/mol. The molecule has 0 saturated heterocycles. The van der Waals surface area contributed by atoms with Gasteiger partial charge in [0.15, 0.2) is 0 Å². The molecular weight excluding hydrogens is 685 g/mol. The van der Waals surface area contributed by atoms with Crippen LogP contribution in [0.2, 0.25) is 0 Å². The van der Waals surface area contributed by atoms with Gasteiger partial charge in [-0.1, -0.05) is 109 Å². The zero-order valence-electron chi connectivity index (χ0n) is 29.9. The van der Waals surface area contributed by atoms with Gasteiger partial charge in [0, 0.05) is 54.3 Å². The zero-order chi connectivity index (χ0) is 36.3. The predicted octanol–water partition coefficient (Wildman–Crippen LogP) is 15.6. The summed E-state index contributed by atoms with van der Waals surface area (Å²) in [7, 11) is 0. The topological polar surface area (TPSA) is 6.48 Å². The molecule has 0 saturated carbocycles. The predicted molar refractivity (Wildman–Crippen MR) is 239 cm³/mol. The average molecular weight is 719 g/mol. The first-order valence-electron chi connectivity index (χ1n) is 18.7. The fraction of sp³-hybridized carbons (Fsp3) is 0. The number of anilines is 6. The Balaban J connectivity index is 1.05. The van der Waals surface area contributed by atoms with E-state index in [4.69, 9.17) is 0 Å². The van der Waals surface area contributed by atoms with Gasteiger partial charge in [0.2, 0.25) is 0 Å². The van der Waals surface area contributed by atoms with Crippen LogP contribution in [-0.2, 0) is 0 Å². The van der Waals surface area contributed by atoms with Gasteiger partial charge in [-0.05, 0) is 140 Å². The molecule has 0 radical (unpaired) electrons. The average Bonchev–Trinajstić information content (AvgIpc) is 3.58. The second-order valence-electron chi connectivity index (χ2n) is 14.3. The number of nitrogens with zero attached hydrogens (tertiary/aromatic N) is 2. The molecule has 0 unspecified atom stereocenters. The molecule has 11 rings (SSSR count). The van der Waals surface area contributed by atoms with Crippen molar-refractivity contribution in [2.24, 2.45) is 0 Å². The van der Waals surface area contributed by atoms with E-state index < -0.39 is 0 Å². The third kappa shape index (κ3) is 5.56. The summed E-state index contributed by atoms with van der Waals surface area (Å²) >= 11 is 1.88. The summed E-state index contributed by atoms with van der Waals surface area (Å²) in [5.41, 5.74) is 6.82. The minimum absolute atomic E-state index is 1.13. The lowest BCUT2D eigenvalue weighted by molar-refractivity contribution is 1.29. The van der Waals surface area contributed by atoms with Gasteiger partial charge in [0.1, 0.15) is 0 Å². The Bertz CT molecular complexity index is 3000. The summed E-state index contributed by atoms with van der Waals surface area (Å²) in [6, 6.07) is 75.3. The highest BCUT2D eigenvalue weighted by Crippen LogP contribution is 2.43. The van der Waals surface area contributed by atoms with E-state index in [1.807, 2.05) is 11.3 Å². The molecule has 10 aromatic carbocycles. The standard InChI is InChI=1S/C52H34N2S/c1-3-15-43(16-4-1)53(45-23-19-35-11-7-9-13-37(35)27-45)47-25-21-39-33-51-49(31-41(39)29-47)50-32-42-30-48(26-22-40(42)34-52(50)55-51)54(44-17-5-2-6-18-44)46-24-20-36-12-8-10-14-38(36)28-46/h1-34H. The van der Waals surface area contributed by atoms with E-state index >= 15 is 0 Å². The van der Waals surface area contributed by atoms with Crippen LogP contribution in [0, 0.1) is 0 Å². The van der Waals surface area contributed by atoms with E-state index in [1.165, 1.54) is 63.3 Å². The molecule has 0 atom stereocenters. The molecular formula is C52H34N2S. The van der Waals surface area contributed by atoms with Gasteiger partial charge in [-0.15, -0.1) is 11.3 Å². The summed E-state index contributed by atoms with van der Waals surface area (Å²) in [5, 5.41) is 12.5. The maximum atomic E-state index is 2.40. The first-order valence-corrected chi connectivity index (χ1v) is 19.6. The first kappa shape index (κ1) is 31.6. The van der Waals surface area contributed by atoms with Crippen molar-refractivity contribution < 1.29 is 0 Å². The number of hydrogen-bond donors (Lipinski definition) is 0. The molecule has 0 N–H and O–H groups in total. The second kappa shape index (κ2) is 12.9. The van der Waals surface area contributed by atoms with Crippen LogP contribution < -0.4 is 9.80 Å². The number of fused-ring (bicyclic) bond motifs is 7. The Kier molecular flexibility index (Phi) is 7.39. The Morgan fingerprint density at radius 3 is 0.982 bits per heavy atom. The van der Waals surface area contributed by atoms with Crippen molar-refractivity contribution in [3.8, 4) is 0 Å². The lowest BCUT2D eigenvalue weighted by atomic mass is 10.0. The van der Waals surface area contributed by atoms with Crippen molar-refractivity contribution in [2.45, 2.75) is 0 Å². The molecule has 11 aromatic rings. The van der Waals surface area contributed by atoms with Gasteiger partial charge in [0.25, 0.3) is 0 Å². The lowest BCUT2D eigenvalue weighted by Gasteiger charge is -2.26. The highest BCUT2D eigenvalue weighted by atomic mass is 32.1. The summed E-state index contributed by atoms with van der Waals surface area (Å²) < 4.78 is 2.62. The third-order valence-corrected chi connectivity index (χ3v) is 12.0. The number of para-hydroxylation sites is 2. The molecule has 1 aromatic heterocycles. The molecule has 0 spiro atoms. The van der Waals surface area contributed by atoms with Crippen LogP contribution in [0.3, 0.4) is 0 Å². The molecule has 1 heterocycles. The SMILES string of the molecule is c1ccc(N(c2ccc3ccccc3c2)c2ccc3cc4sc5cc6ccc(N(c7ccccc7)c7ccc8ccccc8c7)cc6cc5c4cc3c2)cc1. The minimum Gasteiger partial charge on any atom is -0.310 e. The van der Waals surface area contributed by atoms with Crippen LogP contribution in [0.15, 0.2) is 206 Å². The molecule has 0 fully saturated rings. The van der Waals surface area contributed by atoms with Gasteiger partial charge in [-0.3, -0.25) is 0 Å². The van der Waals surface area contributed by atoms with Gasteiger partial charge >= 0.3 is 0 Å². The van der Waals surface area contributed by atoms with Crippen LogP contribution >= 0.6 is 11.3 Å². The van der Waals surface area contributed by atoms with E-state index in [0.717, 1.165) is 34.1 Å². The van der Waals surface area contributed by atoms with Gasteiger partial charge < -0.3 is 9.80 Å². The smallest absolute Gasteiger partial charge is 0.0468 e. The fourth-order valence-electron chi connectivity index (χ4n) is 8.20. The van der Waals surface area contributed by atoms with Gasteiger partial charge in [-0.2, -0.15) is 0 Å². The molecule has 55 heavy (non-hydrogen) atoms. The molecule has 3 heteroatoms. The van der Waals surface area contributed by atoms with Crippen LogP contribution in [0.4, 0.5) is 34.1 Å². The Morgan fingerprint density at radius 1 is 0.236 bits per heavy atom. The van der Waals surface area contributed by atoms with E-state index in [0.29, 0.717) is 0 Å². The van der Waals surface area contributed by atoms with Gasteiger partial charge in [-0.25, -0.2) is 0 Å². The van der Waals surface area contributed by atoms with E-state index in [2.05, 4.69) is 216 Å². The van der Waals surface area contributed by atoms with Crippen molar-refractivity contribution in [2.75, 3.05) is 9.80 Å². The van der Waals surface area contributed by atoms with Crippen molar-refractivity contribution in [1.29, 1.82) is 0 Å². The Labute approximate surface area is 323 Å². The summed E-state index contributed by atoms with van der Waals surface area (Å²) in [4.78, 5) is 4.73. The number of thiophene rings is 1. The molecule has 0 amide bonds. The summed E-state index contributed by atoms with van der Waals surface area (Å²) in [6.45, 7) is 0. The molecule has 0 aliphatic rings. The lowest BCUT2D eigenvalue weighted by Crippen LogP contribution is -2.09. The highest BCUT2D eigenvalue weighted by molar-refractivity contribution is 7.26. The van der Waals surface area contributed by atoms with Crippen molar-refractivity contribution in [3.05, 3.63) is 206 Å². The van der Waals surface area contributed by atoms with E-state index in [-0.39, 0.29) is 0 Å². The minimum atomic E-state index is 1.13. The van der Waals surface area contributed by atoms with Crippen LogP contribution in [0.1, 0.15) is 0 Å². The maximum absolute atomic E-state index is 2.40. The number of hydrogen-bond acceptors (Lipinski definition) is 3. The van der Waals surface area contributed by atoms with Crippen LogP contribution in [-0.4, -0.2) is 0 Å². The van der Waals surface area contributed by atoms with Crippen molar-refractivity contribution in [3.63, 3.8) is 0 Å². The molecule has 0 bridgehead atoms. The van der Waals surface area contributed by atoms with Gasteiger partial charge in [0.05, 0.1) is 0 Å². The molecule has 258 valence electrons. The second-order valence-corrected chi connectivity index (χ2v) is 15.4. The van der Waals surface area contributed by atoms with Crippen molar-refractivity contribution >= 4 is 109 Å². The molecule has 2 nitrogen and oxygen atoms in total. The maximum Gasteiger partial charge on any atom is 0.0468 e. The molecule has 0 aliphatic heterocycles. The quantitative estimate of drug-likeness (QED) is 0.169. The number of rotatable bonds is 6. The zero-order valence-corrected chi connectivity index (χ0v) is 30.7. The largest absolute Gasteiger partial charge is 0.310 e. The third-order valence-electron chi connectivity index (χ3n) is 10.9. The van der Waals surface area contributed by atoms with E-state index in [9.17, 15) is 0 Å². The van der Waals surface area contributed by atoms with Crippen LogP contribution in [0.25, 0.3) is 63.3 Å². The molecule has 0 aliphatic carbocycles. The van der Waals surface area contributed by atoms with Crippen molar-refractivity contribution in [1.82, 2.24) is 0 Å². The first-order chi connectivity index (χ1) is 27.2. The van der Waals surface area contributed by atoms with E-state index in [1.54, 1.807) is 0 Å².